The molecule has 0 aromatic rings. The van der Waals surface area contributed by atoms with Crippen LogP contribution in [0.1, 0.15) is 12.8 Å². The molecule has 0 bridgehead atoms. The first-order valence-electron chi connectivity index (χ1n) is 5.94. The Kier molecular flexibility index (Phi) is 4.49. The smallest absolute Gasteiger partial charge is 0.240 e. The molecule has 4 nitrogen and oxygen atoms in total. The number of piperidine rings is 1. The Morgan fingerprint density at radius 2 is 2.19 bits per heavy atom. The molecule has 2 aliphatic rings. The van der Waals surface area contributed by atoms with E-state index >= 15 is 0 Å². The molecule has 2 aliphatic heterocycles. The minimum absolute atomic E-state index is 0.0397. The minimum Gasteiger partial charge on any atom is -0.381 e. The SMILES string of the molecule is COC1CCN(C(=O)C2CSCCN2)CC1. The van der Waals surface area contributed by atoms with Crippen molar-refractivity contribution >= 4 is 17.7 Å². The first kappa shape index (κ1) is 12.2. The lowest BCUT2D eigenvalue weighted by molar-refractivity contribution is -0.135. The van der Waals surface area contributed by atoms with Crippen LogP contribution in [-0.2, 0) is 9.53 Å². The fourth-order valence-corrected chi connectivity index (χ4v) is 3.18. The molecule has 0 spiro atoms. The first-order valence-corrected chi connectivity index (χ1v) is 7.09. The van der Waals surface area contributed by atoms with Gasteiger partial charge >= 0.3 is 0 Å². The highest BCUT2D eigenvalue weighted by molar-refractivity contribution is 7.99. The quantitative estimate of drug-likeness (QED) is 0.760. The van der Waals surface area contributed by atoms with Gasteiger partial charge in [0.15, 0.2) is 0 Å². The summed E-state index contributed by atoms with van der Waals surface area (Å²) < 4.78 is 5.31. The maximum atomic E-state index is 12.2. The second-order valence-electron chi connectivity index (χ2n) is 4.34. The second kappa shape index (κ2) is 5.89. The Balaban J connectivity index is 1.81. The number of carbonyl (C=O) groups excluding carboxylic acids is 1. The van der Waals surface area contributed by atoms with Gasteiger partial charge in [0, 0.05) is 38.2 Å². The topological polar surface area (TPSA) is 41.6 Å². The Morgan fingerprint density at radius 1 is 1.44 bits per heavy atom. The summed E-state index contributed by atoms with van der Waals surface area (Å²) >= 11 is 1.87. The molecule has 0 radical (unpaired) electrons. The number of amides is 1. The van der Waals surface area contributed by atoms with Crippen LogP contribution in [0, 0.1) is 0 Å². The highest BCUT2D eigenvalue weighted by atomic mass is 32.2. The van der Waals surface area contributed by atoms with E-state index in [0.29, 0.717) is 6.10 Å². The fraction of sp³-hybridized carbons (Fsp3) is 0.909. The summed E-state index contributed by atoms with van der Waals surface area (Å²) in [7, 11) is 1.75. The van der Waals surface area contributed by atoms with Crippen LogP contribution in [0.3, 0.4) is 0 Å². The second-order valence-corrected chi connectivity index (χ2v) is 5.49. The van der Waals surface area contributed by atoms with Gasteiger partial charge in [-0.05, 0) is 12.8 Å². The van der Waals surface area contributed by atoms with Gasteiger partial charge in [-0.25, -0.2) is 0 Å². The summed E-state index contributed by atoms with van der Waals surface area (Å²) in [5.41, 5.74) is 0. The molecule has 1 unspecified atom stereocenters. The van der Waals surface area contributed by atoms with Crippen molar-refractivity contribution in [1.29, 1.82) is 0 Å². The predicted molar refractivity (Wildman–Crippen MR) is 65.7 cm³/mol. The average Bonchev–Trinajstić information content (AvgIpc) is 2.39. The van der Waals surface area contributed by atoms with Gasteiger partial charge in [0.05, 0.1) is 12.1 Å². The summed E-state index contributed by atoms with van der Waals surface area (Å²) in [6, 6.07) is 0.0397. The fourth-order valence-electron chi connectivity index (χ4n) is 2.26. The number of methoxy groups -OCH3 is 1. The maximum Gasteiger partial charge on any atom is 0.240 e. The summed E-state index contributed by atoms with van der Waals surface area (Å²) in [5, 5.41) is 3.30. The highest BCUT2D eigenvalue weighted by Crippen LogP contribution is 2.16. The molecule has 2 saturated heterocycles. The summed E-state index contributed by atoms with van der Waals surface area (Å²) in [6.07, 6.45) is 2.29. The van der Waals surface area contributed by atoms with E-state index in [0.717, 1.165) is 44.0 Å². The van der Waals surface area contributed by atoms with E-state index in [1.807, 2.05) is 16.7 Å². The standard InChI is InChI=1S/C11H20N2O2S/c1-15-9-2-5-13(6-3-9)11(14)10-8-16-7-4-12-10/h9-10,12H,2-8H2,1H3. The van der Waals surface area contributed by atoms with E-state index in [1.165, 1.54) is 0 Å². The number of ether oxygens (including phenoxy) is 1. The van der Waals surface area contributed by atoms with E-state index in [1.54, 1.807) is 7.11 Å². The normalized spacial score (nSPS) is 28.1. The van der Waals surface area contributed by atoms with Crippen LogP contribution in [0.25, 0.3) is 0 Å². The van der Waals surface area contributed by atoms with Crippen molar-refractivity contribution < 1.29 is 9.53 Å². The van der Waals surface area contributed by atoms with Crippen LogP contribution in [0.15, 0.2) is 0 Å². The Labute approximate surface area is 101 Å². The number of hydrogen-bond donors (Lipinski definition) is 1. The van der Waals surface area contributed by atoms with Crippen LogP contribution in [-0.4, -0.2) is 61.2 Å². The van der Waals surface area contributed by atoms with Crippen molar-refractivity contribution in [3.05, 3.63) is 0 Å². The molecule has 2 fully saturated rings. The van der Waals surface area contributed by atoms with E-state index in [9.17, 15) is 4.79 Å². The van der Waals surface area contributed by atoms with Crippen molar-refractivity contribution in [3.8, 4) is 0 Å². The number of hydrogen-bond acceptors (Lipinski definition) is 4. The zero-order valence-corrected chi connectivity index (χ0v) is 10.6. The predicted octanol–water partition coefficient (Wildman–Crippen LogP) is 0.329. The molecule has 2 heterocycles. The monoisotopic (exact) mass is 244 g/mol. The zero-order chi connectivity index (χ0) is 11.4. The first-order chi connectivity index (χ1) is 7.81. The Hall–Kier alpha value is -0.260. The Bertz CT molecular complexity index is 236. The molecular weight excluding hydrogens is 224 g/mol. The lowest BCUT2D eigenvalue weighted by Crippen LogP contribution is -2.52. The third kappa shape index (κ3) is 2.90. The van der Waals surface area contributed by atoms with Gasteiger partial charge in [0.1, 0.15) is 0 Å². The van der Waals surface area contributed by atoms with Crippen LogP contribution in [0.5, 0.6) is 0 Å². The molecule has 16 heavy (non-hydrogen) atoms. The minimum atomic E-state index is 0.0397. The molecule has 0 aromatic carbocycles. The largest absolute Gasteiger partial charge is 0.381 e. The summed E-state index contributed by atoms with van der Waals surface area (Å²) in [4.78, 5) is 14.1. The van der Waals surface area contributed by atoms with Gasteiger partial charge in [-0.2, -0.15) is 11.8 Å². The molecule has 1 amide bonds. The summed E-state index contributed by atoms with van der Waals surface area (Å²) in [6.45, 7) is 2.65. The van der Waals surface area contributed by atoms with Crippen molar-refractivity contribution in [1.82, 2.24) is 10.2 Å². The third-order valence-electron chi connectivity index (χ3n) is 3.31. The van der Waals surface area contributed by atoms with Crippen molar-refractivity contribution in [3.63, 3.8) is 0 Å². The van der Waals surface area contributed by atoms with Gasteiger partial charge < -0.3 is 15.0 Å². The molecular formula is C11H20N2O2S. The lowest BCUT2D eigenvalue weighted by atomic mass is 10.1. The summed E-state index contributed by atoms with van der Waals surface area (Å²) in [5.74, 6) is 2.32. The molecule has 0 aliphatic carbocycles. The van der Waals surface area contributed by atoms with E-state index in [2.05, 4.69) is 5.32 Å². The van der Waals surface area contributed by atoms with E-state index in [-0.39, 0.29) is 11.9 Å². The average molecular weight is 244 g/mol. The zero-order valence-electron chi connectivity index (χ0n) is 9.78. The molecule has 0 aromatic heterocycles. The highest BCUT2D eigenvalue weighted by Gasteiger charge is 2.28. The van der Waals surface area contributed by atoms with Gasteiger partial charge in [0.25, 0.3) is 0 Å². The molecule has 1 N–H and O–H groups in total. The number of rotatable bonds is 2. The number of likely N-dealkylation sites (tertiary alicyclic amines) is 1. The number of nitrogens with one attached hydrogen (secondary N) is 1. The van der Waals surface area contributed by atoms with Crippen LogP contribution >= 0.6 is 11.8 Å². The maximum absolute atomic E-state index is 12.2. The van der Waals surface area contributed by atoms with Crippen LogP contribution in [0.4, 0.5) is 0 Å². The molecule has 92 valence electrons. The van der Waals surface area contributed by atoms with Crippen LogP contribution < -0.4 is 5.32 Å². The van der Waals surface area contributed by atoms with E-state index < -0.39 is 0 Å². The van der Waals surface area contributed by atoms with Gasteiger partial charge in [-0.15, -0.1) is 0 Å². The van der Waals surface area contributed by atoms with Crippen molar-refractivity contribution in [2.75, 3.05) is 38.2 Å². The van der Waals surface area contributed by atoms with Gasteiger partial charge in [-0.1, -0.05) is 0 Å². The molecule has 2 rings (SSSR count). The molecule has 1 atom stereocenters. The molecule has 0 saturated carbocycles. The number of carbonyl (C=O) groups is 1. The van der Waals surface area contributed by atoms with Crippen molar-refractivity contribution in [2.24, 2.45) is 0 Å². The lowest BCUT2D eigenvalue weighted by Gasteiger charge is -2.34. The third-order valence-corrected chi connectivity index (χ3v) is 4.37. The number of nitrogens with zero attached hydrogens (tertiary/aromatic N) is 1. The molecule has 5 heteroatoms. The van der Waals surface area contributed by atoms with Gasteiger partial charge in [0.2, 0.25) is 5.91 Å². The van der Waals surface area contributed by atoms with Crippen molar-refractivity contribution in [2.45, 2.75) is 25.0 Å². The van der Waals surface area contributed by atoms with E-state index in [4.69, 9.17) is 4.74 Å². The number of thioether (sulfide) groups is 1. The Morgan fingerprint density at radius 3 is 2.75 bits per heavy atom. The van der Waals surface area contributed by atoms with Gasteiger partial charge in [-0.3, -0.25) is 4.79 Å². The van der Waals surface area contributed by atoms with Crippen LogP contribution in [0.2, 0.25) is 0 Å².